The van der Waals surface area contributed by atoms with Crippen molar-refractivity contribution in [1.82, 2.24) is 5.32 Å². The van der Waals surface area contributed by atoms with Gasteiger partial charge in [-0.15, -0.1) is 11.3 Å². The van der Waals surface area contributed by atoms with Crippen molar-refractivity contribution in [2.75, 3.05) is 7.05 Å². The lowest BCUT2D eigenvalue weighted by Gasteiger charge is -2.12. The Kier molecular flexibility index (Phi) is 4.46. The maximum absolute atomic E-state index is 3.37. The van der Waals surface area contributed by atoms with Crippen molar-refractivity contribution < 1.29 is 0 Å². The maximum Gasteiger partial charge on any atom is 0.0412 e. The lowest BCUT2D eigenvalue weighted by molar-refractivity contribution is 0.550. The molecular weight excluding hydrogens is 178 g/mol. The van der Waals surface area contributed by atoms with Crippen molar-refractivity contribution in [3.63, 3.8) is 0 Å². The monoisotopic (exact) mass is 197 g/mol. The predicted molar refractivity (Wildman–Crippen MR) is 60.4 cm³/mol. The molecular formula is C11H19NS. The zero-order chi connectivity index (χ0) is 9.68. The van der Waals surface area contributed by atoms with Gasteiger partial charge in [0.25, 0.3) is 0 Å². The number of hydrogen-bond acceptors (Lipinski definition) is 2. The van der Waals surface area contributed by atoms with Gasteiger partial charge >= 0.3 is 0 Å². The molecule has 1 N–H and O–H groups in total. The summed E-state index contributed by atoms with van der Waals surface area (Å²) in [5.41, 5.74) is 0. The van der Waals surface area contributed by atoms with Crippen LogP contribution in [0, 0.1) is 0 Å². The molecule has 0 saturated carbocycles. The third-order valence-corrected chi connectivity index (χ3v) is 3.64. The van der Waals surface area contributed by atoms with Crippen LogP contribution in [0.1, 0.15) is 42.5 Å². The molecule has 0 saturated heterocycles. The Morgan fingerprint density at radius 2 is 2.15 bits per heavy atom. The van der Waals surface area contributed by atoms with Crippen LogP contribution in [0.4, 0.5) is 0 Å². The van der Waals surface area contributed by atoms with Gasteiger partial charge in [-0.05, 0) is 32.0 Å². The Bertz CT molecular complexity index is 242. The summed E-state index contributed by atoms with van der Waals surface area (Å²) in [6.07, 6.45) is 3.64. The minimum absolute atomic E-state index is 0.565. The van der Waals surface area contributed by atoms with Gasteiger partial charge < -0.3 is 5.32 Å². The molecule has 74 valence electrons. The van der Waals surface area contributed by atoms with E-state index in [9.17, 15) is 0 Å². The van der Waals surface area contributed by atoms with Crippen molar-refractivity contribution in [3.8, 4) is 0 Å². The van der Waals surface area contributed by atoms with Gasteiger partial charge in [0.15, 0.2) is 0 Å². The fraction of sp³-hybridized carbons (Fsp3) is 0.636. The van der Waals surface area contributed by atoms with Crippen molar-refractivity contribution in [1.29, 1.82) is 0 Å². The van der Waals surface area contributed by atoms with Gasteiger partial charge in [-0.3, -0.25) is 0 Å². The summed E-state index contributed by atoms with van der Waals surface area (Å²) in [5, 5.41) is 3.37. The van der Waals surface area contributed by atoms with Gasteiger partial charge in [0.05, 0.1) is 0 Å². The largest absolute Gasteiger partial charge is 0.312 e. The van der Waals surface area contributed by atoms with Crippen LogP contribution in [-0.2, 0) is 6.42 Å². The molecule has 0 amide bonds. The molecule has 1 aromatic heterocycles. The third kappa shape index (κ3) is 2.82. The summed E-state index contributed by atoms with van der Waals surface area (Å²) < 4.78 is 0. The van der Waals surface area contributed by atoms with Crippen molar-refractivity contribution >= 4 is 11.3 Å². The zero-order valence-electron chi connectivity index (χ0n) is 8.76. The smallest absolute Gasteiger partial charge is 0.0412 e. The first-order chi connectivity index (χ1) is 6.31. The number of rotatable bonds is 5. The summed E-state index contributed by atoms with van der Waals surface area (Å²) >= 11 is 1.94. The van der Waals surface area contributed by atoms with Crippen LogP contribution in [0.25, 0.3) is 0 Å². The van der Waals surface area contributed by atoms with E-state index in [2.05, 4.69) is 31.3 Å². The SMILES string of the molecule is CCCC(NC)c1ccc(CC)s1. The molecule has 0 aliphatic rings. The molecule has 1 rings (SSSR count). The molecule has 1 atom stereocenters. The molecule has 0 radical (unpaired) electrons. The Hall–Kier alpha value is -0.340. The third-order valence-electron chi connectivity index (χ3n) is 2.30. The normalized spacial score (nSPS) is 13.2. The second kappa shape index (κ2) is 5.40. The summed E-state index contributed by atoms with van der Waals surface area (Å²) in [7, 11) is 2.05. The van der Waals surface area contributed by atoms with Gasteiger partial charge in [-0.1, -0.05) is 20.3 Å². The number of hydrogen-bond donors (Lipinski definition) is 1. The standard InChI is InChI=1S/C11H19NS/c1-4-6-10(12-3)11-8-7-9(5-2)13-11/h7-8,10,12H,4-6H2,1-3H3. The van der Waals surface area contributed by atoms with Crippen LogP contribution in [0.15, 0.2) is 12.1 Å². The molecule has 0 spiro atoms. The van der Waals surface area contributed by atoms with Crippen LogP contribution in [-0.4, -0.2) is 7.05 Å². The summed E-state index contributed by atoms with van der Waals surface area (Å²) in [4.78, 5) is 2.98. The molecule has 0 bridgehead atoms. The topological polar surface area (TPSA) is 12.0 Å². The minimum atomic E-state index is 0.565. The zero-order valence-corrected chi connectivity index (χ0v) is 9.58. The van der Waals surface area contributed by atoms with Crippen molar-refractivity contribution in [3.05, 3.63) is 21.9 Å². The first-order valence-corrected chi connectivity index (χ1v) is 5.89. The van der Waals surface area contributed by atoms with Crippen LogP contribution in [0.2, 0.25) is 0 Å². The number of thiophene rings is 1. The Labute approximate surface area is 85.2 Å². The van der Waals surface area contributed by atoms with E-state index in [0.717, 1.165) is 6.42 Å². The Morgan fingerprint density at radius 1 is 1.38 bits per heavy atom. The molecule has 0 aromatic carbocycles. The molecule has 0 fully saturated rings. The van der Waals surface area contributed by atoms with Gasteiger partial charge in [0.2, 0.25) is 0 Å². The van der Waals surface area contributed by atoms with E-state index in [1.165, 1.54) is 22.6 Å². The predicted octanol–water partition coefficient (Wildman–Crippen LogP) is 3.37. The van der Waals surface area contributed by atoms with Gasteiger partial charge in [0.1, 0.15) is 0 Å². The summed E-state index contributed by atoms with van der Waals surface area (Å²) in [6.45, 7) is 4.45. The lowest BCUT2D eigenvalue weighted by Crippen LogP contribution is -2.14. The quantitative estimate of drug-likeness (QED) is 0.763. The fourth-order valence-electron chi connectivity index (χ4n) is 1.49. The highest BCUT2D eigenvalue weighted by Gasteiger charge is 2.09. The number of aryl methyl sites for hydroxylation is 1. The van der Waals surface area contributed by atoms with Crippen LogP contribution in [0.5, 0.6) is 0 Å². The average molecular weight is 197 g/mol. The molecule has 1 heterocycles. The number of nitrogens with one attached hydrogen (secondary N) is 1. The van der Waals surface area contributed by atoms with E-state index in [4.69, 9.17) is 0 Å². The van der Waals surface area contributed by atoms with Crippen LogP contribution >= 0.6 is 11.3 Å². The van der Waals surface area contributed by atoms with E-state index in [0.29, 0.717) is 6.04 Å². The Balaban J connectivity index is 2.67. The highest BCUT2D eigenvalue weighted by Crippen LogP contribution is 2.26. The van der Waals surface area contributed by atoms with Crippen LogP contribution in [0.3, 0.4) is 0 Å². The molecule has 2 heteroatoms. The average Bonchev–Trinajstić information content (AvgIpc) is 2.62. The van der Waals surface area contributed by atoms with Gasteiger partial charge in [-0.25, -0.2) is 0 Å². The van der Waals surface area contributed by atoms with E-state index < -0.39 is 0 Å². The summed E-state index contributed by atoms with van der Waals surface area (Å²) in [6, 6.07) is 5.08. The summed E-state index contributed by atoms with van der Waals surface area (Å²) in [5.74, 6) is 0. The molecule has 1 aromatic rings. The first kappa shape index (κ1) is 10.7. The van der Waals surface area contributed by atoms with Crippen molar-refractivity contribution in [2.45, 2.75) is 39.2 Å². The second-order valence-corrected chi connectivity index (χ2v) is 4.49. The van der Waals surface area contributed by atoms with E-state index in [1.807, 2.05) is 18.4 Å². The van der Waals surface area contributed by atoms with E-state index >= 15 is 0 Å². The molecule has 1 unspecified atom stereocenters. The molecule has 13 heavy (non-hydrogen) atoms. The van der Waals surface area contributed by atoms with E-state index in [1.54, 1.807) is 0 Å². The minimum Gasteiger partial charge on any atom is -0.312 e. The highest BCUT2D eigenvalue weighted by atomic mass is 32.1. The fourth-order valence-corrected chi connectivity index (χ4v) is 2.59. The van der Waals surface area contributed by atoms with Gasteiger partial charge in [0, 0.05) is 15.8 Å². The second-order valence-electron chi connectivity index (χ2n) is 3.29. The maximum atomic E-state index is 3.37. The molecule has 1 nitrogen and oxygen atoms in total. The van der Waals surface area contributed by atoms with E-state index in [-0.39, 0.29) is 0 Å². The van der Waals surface area contributed by atoms with Crippen LogP contribution < -0.4 is 5.32 Å². The molecule has 0 aliphatic heterocycles. The lowest BCUT2D eigenvalue weighted by atomic mass is 10.1. The van der Waals surface area contributed by atoms with Crippen molar-refractivity contribution in [2.24, 2.45) is 0 Å². The first-order valence-electron chi connectivity index (χ1n) is 5.07. The molecule has 0 aliphatic carbocycles. The Morgan fingerprint density at radius 3 is 2.62 bits per heavy atom. The highest BCUT2D eigenvalue weighted by molar-refractivity contribution is 7.12. The van der Waals surface area contributed by atoms with Gasteiger partial charge in [-0.2, -0.15) is 0 Å².